The molecule has 6 heteroatoms. The molecule has 0 radical (unpaired) electrons. The van der Waals surface area contributed by atoms with Crippen LogP contribution in [0.3, 0.4) is 0 Å². The molecule has 86 valence electrons. The molecule has 0 N–H and O–H groups in total. The molecular formula is C10H11Cl2N3S. The summed E-state index contributed by atoms with van der Waals surface area (Å²) in [6.45, 7) is 4.14. The third-order valence-corrected chi connectivity index (χ3v) is 3.64. The van der Waals surface area contributed by atoms with Crippen LogP contribution in [0.25, 0.3) is 5.13 Å². The second-order valence-electron chi connectivity index (χ2n) is 3.67. The molecule has 0 saturated heterocycles. The highest BCUT2D eigenvalue weighted by Crippen LogP contribution is 2.29. The fourth-order valence-corrected chi connectivity index (χ4v) is 2.74. The van der Waals surface area contributed by atoms with Gasteiger partial charge in [-0.1, -0.05) is 25.4 Å². The van der Waals surface area contributed by atoms with Gasteiger partial charge in [0, 0.05) is 17.1 Å². The van der Waals surface area contributed by atoms with E-state index in [0.717, 1.165) is 16.4 Å². The predicted molar refractivity (Wildman–Crippen MR) is 67.9 cm³/mol. The van der Waals surface area contributed by atoms with E-state index < -0.39 is 0 Å². The minimum Gasteiger partial charge on any atom is -0.227 e. The lowest BCUT2D eigenvalue weighted by atomic mass is 10.1. The van der Waals surface area contributed by atoms with Gasteiger partial charge >= 0.3 is 0 Å². The third kappa shape index (κ3) is 1.97. The summed E-state index contributed by atoms with van der Waals surface area (Å²) in [5.74, 6) is 0.671. The summed E-state index contributed by atoms with van der Waals surface area (Å²) in [7, 11) is 0. The molecule has 0 aliphatic carbocycles. The zero-order valence-corrected chi connectivity index (χ0v) is 11.3. The van der Waals surface area contributed by atoms with Crippen LogP contribution in [0.2, 0.25) is 5.15 Å². The van der Waals surface area contributed by atoms with Gasteiger partial charge < -0.3 is 0 Å². The van der Waals surface area contributed by atoms with Crippen molar-refractivity contribution in [2.24, 2.45) is 0 Å². The lowest BCUT2D eigenvalue weighted by Gasteiger charge is -2.00. The molecular weight excluding hydrogens is 265 g/mol. The van der Waals surface area contributed by atoms with E-state index in [4.69, 9.17) is 23.2 Å². The number of aromatic nitrogens is 3. The Morgan fingerprint density at radius 1 is 1.50 bits per heavy atom. The first-order valence-electron chi connectivity index (χ1n) is 4.88. The molecule has 0 aromatic carbocycles. The summed E-state index contributed by atoms with van der Waals surface area (Å²) in [6.07, 6.45) is 1.73. The first-order valence-corrected chi connectivity index (χ1v) is 6.67. The van der Waals surface area contributed by atoms with E-state index in [1.807, 2.05) is 5.38 Å². The molecule has 2 aromatic rings. The molecule has 0 aliphatic rings. The second-order valence-corrected chi connectivity index (χ2v) is 5.17. The fourth-order valence-electron chi connectivity index (χ4n) is 1.48. The molecule has 2 heterocycles. The maximum atomic E-state index is 6.25. The second kappa shape index (κ2) is 4.73. The van der Waals surface area contributed by atoms with E-state index in [9.17, 15) is 0 Å². The summed E-state index contributed by atoms with van der Waals surface area (Å²) in [6, 6.07) is 0. The summed E-state index contributed by atoms with van der Waals surface area (Å²) in [5, 5.41) is 7.69. The molecule has 0 bridgehead atoms. The maximum Gasteiger partial charge on any atom is 0.211 e. The van der Waals surface area contributed by atoms with E-state index in [0.29, 0.717) is 17.0 Å². The molecule has 0 amide bonds. The Labute approximate surface area is 108 Å². The molecule has 2 aromatic heterocycles. The number of alkyl halides is 1. The smallest absolute Gasteiger partial charge is 0.211 e. The Kier molecular flexibility index (Phi) is 3.52. The van der Waals surface area contributed by atoms with Crippen LogP contribution in [0, 0.1) is 0 Å². The van der Waals surface area contributed by atoms with Crippen molar-refractivity contribution < 1.29 is 0 Å². The summed E-state index contributed by atoms with van der Waals surface area (Å²) in [4.78, 5) is 4.19. The predicted octanol–water partition coefficient (Wildman–Crippen LogP) is 3.84. The number of rotatable bonds is 3. The Bertz CT molecular complexity index is 476. The quantitative estimate of drug-likeness (QED) is 0.797. The number of hydrogen-bond acceptors (Lipinski definition) is 3. The van der Waals surface area contributed by atoms with Gasteiger partial charge in [-0.15, -0.1) is 22.9 Å². The molecule has 0 unspecified atom stereocenters. The number of nitrogens with zero attached hydrogens (tertiary/aromatic N) is 3. The highest BCUT2D eigenvalue weighted by atomic mass is 35.5. The molecule has 0 aliphatic heterocycles. The molecule has 0 spiro atoms. The normalized spacial score (nSPS) is 11.3. The van der Waals surface area contributed by atoms with Crippen LogP contribution in [0.15, 0.2) is 11.6 Å². The van der Waals surface area contributed by atoms with Crippen LogP contribution < -0.4 is 0 Å². The number of thiazole rings is 1. The van der Waals surface area contributed by atoms with Gasteiger partial charge in [-0.3, -0.25) is 0 Å². The summed E-state index contributed by atoms with van der Waals surface area (Å²) in [5.41, 5.74) is 1.84. The van der Waals surface area contributed by atoms with Gasteiger partial charge in [0.2, 0.25) is 5.13 Å². The van der Waals surface area contributed by atoms with Gasteiger partial charge in [0.1, 0.15) is 5.15 Å². The van der Waals surface area contributed by atoms with Crippen molar-refractivity contribution in [3.63, 3.8) is 0 Å². The highest BCUT2D eigenvalue weighted by molar-refractivity contribution is 7.12. The summed E-state index contributed by atoms with van der Waals surface area (Å²) >= 11 is 13.6. The van der Waals surface area contributed by atoms with E-state index in [-0.39, 0.29) is 0 Å². The van der Waals surface area contributed by atoms with Crippen molar-refractivity contribution in [3.8, 4) is 5.13 Å². The van der Waals surface area contributed by atoms with Crippen LogP contribution in [-0.2, 0) is 5.88 Å². The Morgan fingerprint density at radius 2 is 2.25 bits per heavy atom. The summed E-state index contributed by atoms with van der Waals surface area (Å²) < 4.78 is 1.65. The Balaban J connectivity index is 2.56. The van der Waals surface area contributed by atoms with E-state index >= 15 is 0 Å². The van der Waals surface area contributed by atoms with Crippen molar-refractivity contribution in [3.05, 3.63) is 28.0 Å². The highest BCUT2D eigenvalue weighted by Gasteiger charge is 2.19. The van der Waals surface area contributed by atoms with Crippen molar-refractivity contribution in [1.82, 2.24) is 14.8 Å². The minimum absolute atomic E-state index is 0.299. The SMILES string of the molecule is CC(C)c1nn(-c2nccs2)c(Cl)c1CCl. The standard InChI is InChI=1S/C10H11Cl2N3S/c1-6(2)8-7(5-11)9(12)15(14-8)10-13-3-4-16-10/h3-4,6H,5H2,1-2H3. The van der Waals surface area contributed by atoms with Crippen LogP contribution >= 0.6 is 34.5 Å². The minimum atomic E-state index is 0.299. The molecule has 3 nitrogen and oxygen atoms in total. The monoisotopic (exact) mass is 275 g/mol. The first kappa shape index (κ1) is 11.9. The van der Waals surface area contributed by atoms with Crippen molar-refractivity contribution in [2.45, 2.75) is 25.6 Å². The fraction of sp³-hybridized carbons (Fsp3) is 0.400. The first-order chi connectivity index (χ1) is 7.65. The van der Waals surface area contributed by atoms with E-state index in [1.54, 1.807) is 10.9 Å². The maximum absolute atomic E-state index is 6.25. The molecule has 2 rings (SSSR count). The van der Waals surface area contributed by atoms with Crippen LogP contribution in [0.4, 0.5) is 0 Å². The molecule has 16 heavy (non-hydrogen) atoms. The van der Waals surface area contributed by atoms with Gasteiger partial charge in [0.15, 0.2) is 0 Å². The topological polar surface area (TPSA) is 30.7 Å². The van der Waals surface area contributed by atoms with Crippen LogP contribution in [0.5, 0.6) is 0 Å². The number of halogens is 2. The van der Waals surface area contributed by atoms with E-state index in [1.165, 1.54) is 11.3 Å². The van der Waals surface area contributed by atoms with Gasteiger partial charge in [0.25, 0.3) is 0 Å². The lowest BCUT2D eigenvalue weighted by molar-refractivity contribution is 0.762. The van der Waals surface area contributed by atoms with Gasteiger partial charge in [0.05, 0.1) is 11.6 Å². The molecule has 0 saturated carbocycles. The zero-order chi connectivity index (χ0) is 11.7. The van der Waals surface area contributed by atoms with E-state index in [2.05, 4.69) is 23.9 Å². The van der Waals surface area contributed by atoms with Crippen LogP contribution in [-0.4, -0.2) is 14.8 Å². The average Bonchev–Trinajstić information content (AvgIpc) is 2.84. The van der Waals surface area contributed by atoms with Crippen molar-refractivity contribution >= 4 is 34.5 Å². The third-order valence-electron chi connectivity index (χ3n) is 2.23. The van der Waals surface area contributed by atoms with Crippen molar-refractivity contribution in [1.29, 1.82) is 0 Å². The molecule has 0 atom stereocenters. The average molecular weight is 276 g/mol. The van der Waals surface area contributed by atoms with Crippen molar-refractivity contribution in [2.75, 3.05) is 0 Å². The van der Waals surface area contributed by atoms with Gasteiger partial charge in [-0.05, 0) is 5.92 Å². The number of hydrogen-bond donors (Lipinski definition) is 0. The largest absolute Gasteiger partial charge is 0.227 e. The van der Waals surface area contributed by atoms with Crippen LogP contribution in [0.1, 0.15) is 31.0 Å². The zero-order valence-electron chi connectivity index (χ0n) is 8.94. The van der Waals surface area contributed by atoms with Gasteiger partial charge in [-0.25, -0.2) is 4.98 Å². The molecule has 0 fully saturated rings. The van der Waals surface area contributed by atoms with Gasteiger partial charge in [-0.2, -0.15) is 9.78 Å². The Hall–Kier alpha value is -0.580. The lowest BCUT2D eigenvalue weighted by Crippen LogP contribution is -1.97. The Morgan fingerprint density at radius 3 is 2.69 bits per heavy atom.